The van der Waals surface area contributed by atoms with Crippen LogP contribution in [0.2, 0.25) is 0 Å². The van der Waals surface area contributed by atoms with E-state index in [0.717, 1.165) is 10.8 Å². The highest BCUT2D eigenvalue weighted by Gasteiger charge is 2.43. The Morgan fingerprint density at radius 3 is 2.44 bits per heavy atom. The Hall–Kier alpha value is -0.700. The topological polar surface area (TPSA) is 244 Å². The number of phosphoric acid groups is 3. The summed E-state index contributed by atoms with van der Waals surface area (Å²) in [4.78, 5) is 61.5. The van der Waals surface area contributed by atoms with Crippen molar-refractivity contribution in [1.29, 1.82) is 0 Å². The summed E-state index contributed by atoms with van der Waals surface area (Å²) in [6.07, 6.45) is -2.93. The number of H-pyrrole nitrogens is 1. The fourth-order valence-electron chi connectivity index (χ4n) is 2.42. The Morgan fingerprint density at radius 2 is 1.84 bits per heavy atom. The van der Waals surface area contributed by atoms with Crippen LogP contribution in [0.3, 0.4) is 0 Å². The van der Waals surface area contributed by atoms with E-state index < -0.39 is 59.8 Å². The standard InChI is InChI=1S/C12H16IN2O14P3/c13-3-1-2-7-5-15(12(18)14-11(7)17)10-4-8(16)9(27-10)6-26-31(22,23)29-32(24,25)28-30(19,20)21/h5,8-10,16H,3-4,6H2,(H,22,23)(H,24,25)(H,14,17,18)(H2,19,20,21)/t8-,9-,10-/m1/s1. The number of aliphatic hydroxyl groups excluding tert-OH is 1. The van der Waals surface area contributed by atoms with Gasteiger partial charge >= 0.3 is 29.2 Å². The van der Waals surface area contributed by atoms with Gasteiger partial charge in [-0.05, 0) is 0 Å². The summed E-state index contributed by atoms with van der Waals surface area (Å²) in [6, 6.07) is 0. The van der Waals surface area contributed by atoms with Gasteiger partial charge in [0.2, 0.25) is 0 Å². The molecular weight excluding hydrogens is 616 g/mol. The number of nitrogens with one attached hydrogen (secondary N) is 1. The number of aromatic amines is 1. The van der Waals surface area contributed by atoms with E-state index in [2.05, 4.69) is 25.0 Å². The van der Waals surface area contributed by atoms with Gasteiger partial charge in [-0.2, -0.15) is 8.62 Å². The summed E-state index contributed by atoms with van der Waals surface area (Å²) < 4.78 is 52.0. The molecule has 2 unspecified atom stereocenters. The first-order chi connectivity index (χ1) is 14.6. The molecular formula is C12H16IN2O14P3. The van der Waals surface area contributed by atoms with E-state index in [1.54, 1.807) is 0 Å². The lowest BCUT2D eigenvalue weighted by molar-refractivity contribution is -0.0450. The molecule has 0 bridgehead atoms. The molecule has 0 radical (unpaired) electrons. The molecule has 0 aromatic carbocycles. The van der Waals surface area contributed by atoms with Crippen molar-refractivity contribution in [3.63, 3.8) is 0 Å². The number of alkyl halides is 1. The van der Waals surface area contributed by atoms with Crippen LogP contribution in [-0.4, -0.2) is 57.5 Å². The van der Waals surface area contributed by atoms with Crippen LogP contribution in [0.25, 0.3) is 0 Å². The molecule has 6 N–H and O–H groups in total. The van der Waals surface area contributed by atoms with E-state index in [9.17, 15) is 33.3 Å². The SMILES string of the molecule is O=c1[nH]c(=O)n([C@H]2C[C@@H](O)[C@@H](COP(=O)(O)OP(=O)(O)OP(=O)(O)O)O2)cc1C#CCI. The lowest BCUT2D eigenvalue weighted by atomic mass is 10.2. The van der Waals surface area contributed by atoms with Crippen molar-refractivity contribution in [1.82, 2.24) is 9.55 Å². The fourth-order valence-corrected chi connectivity index (χ4v) is 5.64. The maximum absolute atomic E-state index is 12.1. The molecule has 1 aromatic rings. The van der Waals surface area contributed by atoms with E-state index >= 15 is 0 Å². The summed E-state index contributed by atoms with van der Waals surface area (Å²) in [5.74, 6) is 5.20. The Bertz CT molecular complexity index is 1160. The number of aliphatic hydroxyl groups is 1. The Labute approximate surface area is 192 Å². The molecule has 2 heterocycles. The van der Waals surface area contributed by atoms with Crippen molar-refractivity contribution in [2.75, 3.05) is 11.0 Å². The third-order valence-electron chi connectivity index (χ3n) is 3.59. The molecule has 0 spiro atoms. The molecule has 1 aliphatic heterocycles. The maximum Gasteiger partial charge on any atom is 0.490 e. The van der Waals surface area contributed by atoms with Crippen LogP contribution in [0.15, 0.2) is 15.8 Å². The van der Waals surface area contributed by atoms with Crippen molar-refractivity contribution in [2.24, 2.45) is 0 Å². The van der Waals surface area contributed by atoms with Crippen LogP contribution in [0, 0.1) is 11.8 Å². The number of aromatic nitrogens is 2. The molecule has 1 aliphatic rings. The quantitative estimate of drug-likeness (QED) is 0.0900. The molecule has 0 saturated carbocycles. The Kier molecular flexibility index (Phi) is 9.21. The average molecular weight is 632 g/mol. The lowest BCUT2D eigenvalue weighted by Gasteiger charge is -2.19. The fraction of sp³-hybridized carbons (Fsp3) is 0.500. The summed E-state index contributed by atoms with van der Waals surface area (Å²) in [6.45, 7) is -0.902. The van der Waals surface area contributed by atoms with Crippen LogP contribution in [0.1, 0.15) is 18.2 Å². The zero-order valence-corrected chi connectivity index (χ0v) is 20.3. The summed E-state index contributed by atoms with van der Waals surface area (Å²) >= 11 is 1.95. The van der Waals surface area contributed by atoms with E-state index in [1.165, 1.54) is 0 Å². The molecule has 2 rings (SSSR count). The Morgan fingerprint density at radius 1 is 1.19 bits per heavy atom. The number of hydrogen-bond acceptors (Lipinski definition) is 10. The molecule has 16 nitrogen and oxygen atoms in total. The van der Waals surface area contributed by atoms with Crippen LogP contribution < -0.4 is 11.2 Å². The van der Waals surface area contributed by atoms with E-state index in [1.807, 2.05) is 27.6 Å². The number of nitrogens with zero attached hydrogens (tertiary/aromatic N) is 1. The first kappa shape index (κ1) is 27.5. The summed E-state index contributed by atoms with van der Waals surface area (Å²) in [5, 5.41) is 10.1. The number of halogens is 1. The third-order valence-corrected chi connectivity index (χ3v) is 7.77. The minimum absolute atomic E-state index is 0.0453. The minimum atomic E-state index is -5.70. The first-order valence-corrected chi connectivity index (χ1v) is 14.2. The van der Waals surface area contributed by atoms with Crippen molar-refractivity contribution < 1.29 is 56.3 Å². The summed E-state index contributed by atoms with van der Waals surface area (Å²) in [7, 11) is -16.7. The van der Waals surface area contributed by atoms with Gasteiger partial charge in [-0.3, -0.25) is 18.9 Å². The molecule has 1 aromatic heterocycles. The van der Waals surface area contributed by atoms with Gasteiger partial charge in [0.05, 0.1) is 17.1 Å². The van der Waals surface area contributed by atoms with Crippen molar-refractivity contribution in [3.8, 4) is 11.8 Å². The van der Waals surface area contributed by atoms with Crippen LogP contribution in [0.5, 0.6) is 0 Å². The Balaban J connectivity index is 2.09. The highest BCUT2D eigenvalue weighted by molar-refractivity contribution is 14.1. The molecule has 0 aliphatic carbocycles. The molecule has 1 fully saturated rings. The molecule has 20 heteroatoms. The minimum Gasteiger partial charge on any atom is -0.390 e. The number of rotatable bonds is 8. The monoisotopic (exact) mass is 632 g/mol. The van der Waals surface area contributed by atoms with Gasteiger partial charge < -0.3 is 29.4 Å². The van der Waals surface area contributed by atoms with E-state index in [-0.39, 0.29) is 12.0 Å². The molecule has 32 heavy (non-hydrogen) atoms. The van der Waals surface area contributed by atoms with Gasteiger partial charge in [-0.15, -0.1) is 0 Å². The largest absolute Gasteiger partial charge is 0.490 e. The highest BCUT2D eigenvalue weighted by atomic mass is 127. The van der Waals surface area contributed by atoms with Crippen molar-refractivity contribution in [2.45, 2.75) is 24.9 Å². The number of phosphoric ester groups is 1. The maximum atomic E-state index is 12.1. The van der Waals surface area contributed by atoms with Gasteiger partial charge in [0, 0.05) is 12.6 Å². The van der Waals surface area contributed by atoms with Gasteiger partial charge in [0.25, 0.3) is 5.56 Å². The van der Waals surface area contributed by atoms with Gasteiger partial charge in [-0.1, -0.05) is 34.4 Å². The second-order valence-corrected chi connectivity index (χ2v) is 11.1. The second-order valence-electron chi connectivity index (χ2n) is 5.96. The first-order valence-electron chi connectivity index (χ1n) is 8.14. The van der Waals surface area contributed by atoms with Gasteiger partial charge in [0.15, 0.2) is 0 Å². The number of ether oxygens (including phenoxy) is 1. The molecule has 1 saturated heterocycles. The van der Waals surface area contributed by atoms with Gasteiger partial charge in [0.1, 0.15) is 17.9 Å². The molecule has 180 valence electrons. The zero-order chi connectivity index (χ0) is 24.3. The van der Waals surface area contributed by atoms with Crippen LogP contribution >= 0.6 is 46.1 Å². The van der Waals surface area contributed by atoms with E-state index in [4.69, 9.17) is 19.4 Å². The van der Waals surface area contributed by atoms with Crippen molar-refractivity contribution in [3.05, 3.63) is 32.6 Å². The predicted molar refractivity (Wildman–Crippen MR) is 111 cm³/mol. The normalized spacial score (nSPS) is 24.9. The average Bonchev–Trinajstić information content (AvgIpc) is 2.97. The molecule has 0 amide bonds. The highest BCUT2D eigenvalue weighted by Crippen LogP contribution is 2.66. The smallest absolute Gasteiger partial charge is 0.390 e. The third kappa shape index (κ3) is 8.26. The second kappa shape index (κ2) is 10.7. The zero-order valence-electron chi connectivity index (χ0n) is 15.5. The van der Waals surface area contributed by atoms with Crippen molar-refractivity contribution >= 4 is 46.1 Å². The summed E-state index contributed by atoms with van der Waals surface area (Å²) in [5.41, 5.74) is -1.65. The predicted octanol–water partition coefficient (Wildman–Crippen LogP) is -0.685. The van der Waals surface area contributed by atoms with Crippen LogP contribution in [0.4, 0.5) is 0 Å². The number of hydrogen-bond donors (Lipinski definition) is 6. The van der Waals surface area contributed by atoms with Gasteiger partial charge in [-0.25, -0.2) is 18.5 Å². The lowest BCUT2D eigenvalue weighted by Crippen LogP contribution is -2.33. The molecule has 5 atom stereocenters. The van der Waals surface area contributed by atoms with Crippen LogP contribution in [-0.2, 0) is 31.6 Å². The van der Waals surface area contributed by atoms with E-state index in [0.29, 0.717) is 4.43 Å².